The summed E-state index contributed by atoms with van der Waals surface area (Å²) in [6.45, 7) is 4.28. The minimum absolute atomic E-state index is 0.280. The standard InChI is InChI=1S/C8H20N2O/c1-8(9)4-6-10(2)5-3-7-11/h8,11H,3-7,9H2,1-2H3. The van der Waals surface area contributed by atoms with Gasteiger partial charge in [-0.15, -0.1) is 0 Å². The van der Waals surface area contributed by atoms with E-state index >= 15 is 0 Å². The van der Waals surface area contributed by atoms with Crippen LogP contribution in [0.4, 0.5) is 0 Å². The molecule has 3 heteroatoms. The molecular formula is C8H20N2O. The number of nitrogens with zero attached hydrogens (tertiary/aromatic N) is 1. The molecule has 0 radical (unpaired) electrons. The van der Waals surface area contributed by atoms with Crippen LogP contribution in [0.3, 0.4) is 0 Å². The van der Waals surface area contributed by atoms with Crippen molar-refractivity contribution in [2.75, 3.05) is 26.7 Å². The molecule has 0 aromatic rings. The van der Waals surface area contributed by atoms with Crippen molar-refractivity contribution in [2.45, 2.75) is 25.8 Å². The molecule has 0 aromatic carbocycles. The SMILES string of the molecule is CC(N)CCN(C)CCCO. The van der Waals surface area contributed by atoms with Gasteiger partial charge in [-0.25, -0.2) is 0 Å². The quantitative estimate of drug-likeness (QED) is 0.576. The van der Waals surface area contributed by atoms with E-state index in [0.29, 0.717) is 0 Å². The van der Waals surface area contributed by atoms with Crippen molar-refractivity contribution in [1.29, 1.82) is 0 Å². The Hall–Kier alpha value is -0.120. The molecule has 1 unspecified atom stereocenters. The van der Waals surface area contributed by atoms with Gasteiger partial charge in [0.2, 0.25) is 0 Å². The van der Waals surface area contributed by atoms with Crippen molar-refractivity contribution in [3.8, 4) is 0 Å². The largest absolute Gasteiger partial charge is 0.396 e. The van der Waals surface area contributed by atoms with Crippen LogP contribution in [0.25, 0.3) is 0 Å². The highest BCUT2D eigenvalue weighted by atomic mass is 16.3. The Morgan fingerprint density at radius 1 is 1.45 bits per heavy atom. The van der Waals surface area contributed by atoms with E-state index in [4.69, 9.17) is 10.8 Å². The smallest absolute Gasteiger partial charge is 0.0443 e. The number of hydrogen-bond donors (Lipinski definition) is 2. The first-order chi connectivity index (χ1) is 5.16. The van der Waals surface area contributed by atoms with Gasteiger partial charge < -0.3 is 15.7 Å². The minimum Gasteiger partial charge on any atom is -0.396 e. The Balaban J connectivity index is 3.15. The van der Waals surface area contributed by atoms with Crippen LogP contribution in [0.15, 0.2) is 0 Å². The van der Waals surface area contributed by atoms with E-state index in [-0.39, 0.29) is 12.6 Å². The summed E-state index contributed by atoms with van der Waals surface area (Å²) in [6.07, 6.45) is 1.89. The molecule has 0 saturated carbocycles. The molecule has 0 aromatic heterocycles. The van der Waals surface area contributed by atoms with Crippen LogP contribution in [0.1, 0.15) is 19.8 Å². The van der Waals surface area contributed by atoms with E-state index in [2.05, 4.69) is 11.9 Å². The normalized spacial score (nSPS) is 13.9. The summed E-state index contributed by atoms with van der Waals surface area (Å²) in [7, 11) is 2.05. The summed E-state index contributed by atoms with van der Waals surface area (Å²) in [4.78, 5) is 2.19. The van der Waals surface area contributed by atoms with E-state index in [1.807, 2.05) is 6.92 Å². The highest BCUT2D eigenvalue weighted by Gasteiger charge is 1.99. The Kier molecular flexibility index (Phi) is 6.51. The van der Waals surface area contributed by atoms with Gasteiger partial charge in [-0.2, -0.15) is 0 Å². The number of aliphatic hydroxyl groups is 1. The highest BCUT2D eigenvalue weighted by Crippen LogP contribution is 1.92. The average molecular weight is 160 g/mol. The fourth-order valence-corrected chi connectivity index (χ4v) is 0.876. The van der Waals surface area contributed by atoms with Crippen molar-refractivity contribution in [3.05, 3.63) is 0 Å². The summed E-state index contributed by atoms with van der Waals surface area (Å²) in [6, 6.07) is 0.284. The number of hydrogen-bond acceptors (Lipinski definition) is 3. The van der Waals surface area contributed by atoms with Gasteiger partial charge in [0.25, 0.3) is 0 Å². The molecule has 0 aliphatic heterocycles. The van der Waals surface area contributed by atoms with E-state index in [1.165, 1.54) is 0 Å². The maximum absolute atomic E-state index is 8.54. The fraction of sp³-hybridized carbons (Fsp3) is 1.00. The molecule has 1 atom stereocenters. The lowest BCUT2D eigenvalue weighted by Gasteiger charge is -2.16. The molecule has 0 rings (SSSR count). The lowest BCUT2D eigenvalue weighted by molar-refractivity contribution is 0.244. The Morgan fingerprint density at radius 2 is 2.09 bits per heavy atom. The fourth-order valence-electron chi connectivity index (χ4n) is 0.876. The highest BCUT2D eigenvalue weighted by molar-refractivity contribution is 4.57. The van der Waals surface area contributed by atoms with Gasteiger partial charge in [-0.3, -0.25) is 0 Å². The van der Waals surface area contributed by atoms with E-state index in [0.717, 1.165) is 25.9 Å². The van der Waals surface area contributed by atoms with Crippen molar-refractivity contribution in [2.24, 2.45) is 5.73 Å². The van der Waals surface area contributed by atoms with Crippen LogP contribution in [0.5, 0.6) is 0 Å². The van der Waals surface area contributed by atoms with Crippen LogP contribution >= 0.6 is 0 Å². The monoisotopic (exact) mass is 160 g/mol. The predicted molar refractivity (Wildman–Crippen MR) is 47.5 cm³/mol. The third kappa shape index (κ3) is 7.78. The summed E-state index contributed by atoms with van der Waals surface area (Å²) in [5, 5.41) is 8.54. The van der Waals surface area contributed by atoms with E-state index in [9.17, 15) is 0 Å². The molecule has 0 amide bonds. The summed E-state index contributed by atoms with van der Waals surface area (Å²) in [5.74, 6) is 0. The molecule has 0 saturated heterocycles. The number of nitrogens with two attached hydrogens (primary N) is 1. The van der Waals surface area contributed by atoms with Gasteiger partial charge in [0, 0.05) is 19.2 Å². The maximum atomic E-state index is 8.54. The van der Waals surface area contributed by atoms with Crippen molar-refractivity contribution in [3.63, 3.8) is 0 Å². The average Bonchev–Trinajstić information content (AvgIpc) is 1.97. The van der Waals surface area contributed by atoms with Gasteiger partial charge in [-0.1, -0.05) is 0 Å². The van der Waals surface area contributed by atoms with Crippen LogP contribution in [-0.4, -0.2) is 42.8 Å². The molecule has 0 aliphatic carbocycles. The summed E-state index contributed by atoms with van der Waals surface area (Å²) < 4.78 is 0. The number of aliphatic hydroxyl groups excluding tert-OH is 1. The van der Waals surface area contributed by atoms with E-state index in [1.54, 1.807) is 0 Å². The number of rotatable bonds is 6. The molecule has 68 valence electrons. The lowest BCUT2D eigenvalue weighted by atomic mass is 10.2. The van der Waals surface area contributed by atoms with Gasteiger partial charge in [-0.05, 0) is 33.4 Å². The summed E-state index contributed by atoms with van der Waals surface area (Å²) in [5.41, 5.74) is 5.59. The molecule has 0 heterocycles. The molecule has 3 N–H and O–H groups in total. The van der Waals surface area contributed by atoms with Crippen LogP contribution in [0, 0.1) is 0 Å². The van der Waals surface area contributed by atoms with E-state index < -0.39 is 0 Å². The van der Waals surface area contributed by atoms with Gasteiger partial charge in [0.15, 0.2) is 0 Å². The van der Waals surface area contributed by atoms with Gasteiger partial charge in [0.1, 0.15) is 0 Å². The third-order valence-electron chi connectivity index (χ3n) is 1.66. The molecule has 11 heavy (non-hydrogen) atoms. The second-order valence-electron chi connectivity index (χ2n) is 3.15. The first kappa shape index (κ1) is 10.9. The molecule has 3 nitrogen and oxygen atoms in total. The van der Waals surface area contributed by atoms with Crippen molar-refractivity contribution < 1.29 is 5.11 Å². The summed E-state index contributed by atoms with van der Waals surface area (Å²) >= 11 is 0. The third-order valence-corrected chi connectivity index (χ3v) is 1.66. The van der Waals surface area contributed by atoms with Crippen molar-refractivity contribution >= 4 is 0 Å². The molecule has 0 bridgehead atoms. The zero-order valence-corrected chi connectivity index (χ0v) is 7.58. The van der Waals surface area contributed by atoms with Crippen molar-refractivity contribution in [1.82, 2.24) is 4.90 Å². The van der Waals surface area contributed by atoms with Gasteiger partial charge in [0.05, 0.1) is 0 Å². The minimum atomic E-state index is 0.280. The first-order valence-corrected chi connectivity index (χ1v) is 4.21. The molecule has 0 fully saturated rings. The topological polar surface area (TPSA) is 49.5 Å². The Morgan fingerprint density at radius 3 is 2.55 bits per heavy atom. The Labute approximate surface area is 69.2 Å². The first-order valence-electron chi connectivity index (χ1n) is 4.21. The second-order valence-corrected chi connectivity index (χ2v) is 3.15. The zero-order valence-electron chi connectivity index (χ0n) is 7.58. The Bertz CT molecular complexity index is 86.2. The molecular weight excluding hydrogens is 140 g/mol. The van der Waals surface area contributed by atoms with Crippen LogP contribution in [0.2, 0.25) is 0 Å². The lowest BCUT2D eigenvalue weighted by Crippen LogP contribution is -2.27. The zero-order chi connectivity index (χ0) is 8.69. The van der Waals surface area contributed by atoms with Crippen LogP contribution in [-0.2, 0) is 0 Å². The molecule has 0 spiro atoms. The van der Waals surface area contributed by atoms with Crippen LogP contribution < -0.4 is 5.73 Å². The maximum Gasteiger partial charge on any atom is 0.0443 e. The second kappa shape index (κ2) is 6.58. The predicted octanol–water partition coefficient (Wildman–Crippen LogP) is 0.0379. The van der Waals surface area contributed by atoms with Gasteiger partial charge >= 0.3 is 0 Å². The molecule has 0 aliphatic rings.